The molecule has 0 aliphatic carbocycles. The summed E-state index contributed by atoms with van der Waals surface area (Å²) >= 11 is 0. The summed E-state index contributed by atoms with van der Waals surface area (Å²) < 4.78 is 61.8. The molecule has 0 amide bonds. The summed E-state index contributed by atoms with van der Waals surface area (Å²) in [6, 6.07) is 19.1. The van der Waals surface area contributed by atoms with E-state index in [-0.39, 0.29) is 9.79 Å². The zero-order chi connectivity index (χ0) is 22.1. The normalized spacial score (nSPS) is 11.8. The van der Waals surface area contributed by atoms with Crippen molar-refractivity contribution >= 4 is 53.2 Å². The Labute approximate surface area is 173 Å². The van der Waals surface area contributed by atoms with Crippen LogP contribution in [-0.4, -0.2) is 25.9 Å². The van der Waals surface area contributed by atoms with Crippen molar-refractivity contribution in [3.63, 3.8) is 0 Å². The lowest BCUT2D eigenvalue weighted by Gasteiger charge is -2.04. The van der Waals surface area contributed by atoms with Crippen LogP contribution in [-0.2, 0) is 20.2 Å². The Kier molecular flexibility index (Phi) is 5.68. The van der Waals surface area contributed by atoms with Crippen LogP contribution in [0.2, 0.25) is 0 Å². The number of hydrogen-bond acceptors (Lipinski definition) is 6. The van der Waals surface area contributed by atoms with Gasteiger partial charge < -0.3 is 11.5 Å². The first-order valence-electron chi connectivity index (χ1n) is 8.48. The molecule has 0 fully saturated rings. The first kappa shape index (κ1) is 21.5. The number of nitrogen functional groups attached to an aromatic ring is 2. The zero-order valence-corrected chi connectivity index (χ0v) is 17.1. The van der Waals surface area contributed by atoms with E-state index in [1.165, 1.54) is 24.3 Å². The number of hydrogen-bond donors (Lipinski definition) is 4. The molecule has 0 bridgehead atoms. The molecule has 6 N–H and O–H groups in total. The van der Waals surface area contributed by atoms with E-state index in [1.807, 2.05) is 0 Å². The third kappa shape index (κ3) is 4.86. The van der Waals surface area contributed by atoms with Crippen LogP contribution in [0.15, 0.2) is 82.6 Å². The third-order valence-electron chi connectivity index (χ3n) is 4.28. The van der Waals surface area contributed by atoms with Crippen LogP contribution in [0.4, 0.5) is 11.4 Å². The maximum absolute atomic E-state index is 11.1. The van der Waals surface area contributed by atoms with Gasteiger partial charge in [-0.2, -0.15) is 16.8 Å². The summed E-state index contributed by atoms with van der Waals surface area (Å²) in [5.41, 5.74) is 12.1. The van der Waals surface area contributed by atoms with Gasteiger partial charge in [0.1, 0.15) is 4.90 Å². The summed E-state index contributed by atoms with van der Waals surface area (Å²) in [6.07, 6.45) is 0. The van der Waals surface area contributed by atoms with E-state index in [2.05, 4.69) is 0 Å². The smallest absolute Gasteiger partial charge is 0.295 e. The third-order valence-corrected chi connectivity index (χ3v) is 6.04. The quantitative estimate of drug-likeness (QED) is 0.269. The molecule has 0 aromatic heterocycles. The van der Waals surface area contributed by atoms with E-state index in [1.54, 1.807) is 48.5 Å². The Hall–Kier alpha value is -3.18. The monoisotopic (exact) mass is 446 g/mol. The van der Waals surface area contributed by atoms with Gasteiger partial charge in [0.25, 0.3) is 20.2 Å². The van der Waals surface area contributed by atoms with Gasteiger partial charge in [0.2, 0.25) is 0 Å². The lowest BCUT2D eigenvalue weighted by atomic mass is 10.1. The molecule has 0 unspecified atom stereocenters. The van der Waals surface area contributed by atoms with Crippen molar-refractivity contribution in [3.8, 4) is 0 Å². The van der Waals surface area contributed by atoms with Gasteiger partial charge in [-0.25, -0.2) is 0 Å². The first-order valence-corrected chi connectivity index (χ1v) is 11.4. The fourth-order valence-corrected chi connectivity index (χ4v) is 4.11. The van der Waals surface area contributed by atoms with E-state index in [4.69, 9.17) is 20.6 Å². The predicted octanol–water partition coefficient (Wildman–Crippen LogP) is 3.34. The largest absolute Gasteiger partial charge is 0.399 e. The summed E-state index contributed by atoms with van der Waals surface area (Å²) in [5.74, 6) is 0. The van der Waals surface area contributed by atoms with Crippen molar-refractivity contribution < 1.29 is 25.9 Å². The Bertz CT molecular complexity index is 1470. The molecule has 10 heteroatoms. The zero-order valence-electron chi connectivity index (χ0n) is 15.4. The molecule has 0 atom stereocenters. The van der Waals surface area contributed by atoms with Crippen LogP contribution in [0, 0.1) is 0 Å². The van der Waals surface area contributed by atoms with Gasteiger partial charge in [0.15, 0.2) is 0 Å². The minimum atomic E-state index is -4.20. The Morgan fingerprint density at radius 1 is 0.600 bits per heavy atom. The second-order valence-corrected chi connectivity index (χ2v) is 9.27. The lowest BCUT2D eigenvalue weighted by Crippen LogP contribution is -1.99. The van der Waals surface area contributed by atoms with Crippen LogP contribution < -0.4 is 11.5 Å². The molecular formula is C20H18N2O6S2. The van der Waals surface area contributed by atoms with Gasteiger partial charge in [-0.05, 0) is 58.6 Å². The van der Waals surface area contributed by atoms with Crippen molar-refractivity contribution in [2.75, 3.05) is 11.5 Å². The second kappa shape index (κ2) is 7.92. The Morgan fingerprint density at radius 2 is 1.20 bits per heavy atom. The number of fused-ring (bicyclic) bond motifs is 2. The average Bonchev–Trinajstić information content (AvgIpc) is 2.66. The number of nitrogens with two attached hydrogens (primary N) is 2. The Morgan fingerprint density at radius 3 is 1.83 bits per heavy atom. The van der Waals surface area contributed by atoms with Gasteiger partial charge >= 0.3 is 0 Å². The minimum Gasteiger partial charge on any atom is -0.399 e. The SMILES string of the molecule is Nc1ccc2ccc(S(=O)(=O)O)cc2c1.Nc1ccc2cccc(S(=O)(=O)O)c2c1. The fraction of sp³-hybridized carbons (Fsp3) is 0. The van der Waals surface area contributed by atoms with Crippen LogP contribution in [0.1, 0.15) is 0 Å². The maximum Gasteiger partial charge on any atom is 0.295 e. The molecule has 0 aliphatic heterocycles. The van der Waals surface area contributed by atoms with Crippen molar-refractivity contribution in [2.24, 2.45) is 0 Å². The van der Waals surface area contributed by atoms with E-state index in [9.17, 15) is 16.8 Å². The van der Waals surface area contributed by atoms with Gasteiger partial charge in [0.05, 0.1) is 4.90 Å². The molecule has 4 aromatic rings. The number of benzene rings is 4. The van der Waals surface area contributed by atoms with Crippen molar-refractivity contribution in [3.05, 3.63) is 72.8 Å². The fourth-order valence-electron chi connectivity index (χ4n) is 2.89. The molecule has 0 spiro atoms. The molecular weight excluding hydrogens is 428 g/mol. The molecule has 8 nitrogen and oxygen atoms in total. The number of anilines is 2. The van der Waals surface area contributed by atoms with E-state index in [0.29, 0.717) is 22.1 Å². The first-order chi connectivity index (χ1) is 13.9. The summed E-state index contributed by atoms with van der Waals surface area (Å²) in [5, 5.41) is 2.71. The molecule has 0 aliphatic rings. The summed E-state index contributed by atoms with van der Waals surface area (Å²) in [4.78, 5) is -0.243. The van der Waals surface area contributed by atoms with Gasteiger partial charge in [-0.15, -0.1) is 0 Å². The highest BCUT2D eigenvalue weighted by Gasteiger charge is 2.13. The summed E-state index contributed by atoms with van der Waals surface area (Å²) in [6.45, 7) is 0. The highest BCUT2D eigenvalue weighted by Crippen LogP contribution is 2.24. The Balaban J connectivity index is 0.000000171. The molecule has 30 heavy (non-hydrogen) atoms. The number of rotatable bonds is 2. The maximum atomic E-state index is 11.1. The molecule has 0 saturated heterocycles. The van der Waals surface area contributed by atoms with Crippen molar-refractivity contribution in [2.45, 2.75) is 9.79 Å². The van der Waals surface area contributed by atoms with Crippen LogP contribution in [0.5, 0.6) is 0 Å². The molecule has 0 saturated carbocycles. The molecule has 0 heterocycles. The van der Waals surface area contributed by atoms with Crippen LogP contribution in [0.25, 0.3) is 21.5 Å². The van der Waals surface area contributed by atoms with Crippen molar-refractivity contribution in [1.29, 1.82) is 0 Å². The topological polar surface area (TPSA) is 161 Å². The predicted molar refractivity (Wildman–Crippen MR) is 116 cm³/mol. The van der Waals surface area contributed by atoms with Gasteiger partial charge in [0, 0.05) is 16.8 Å². The average molecular weight is 447 g/mol. The van der Waals surface area contributed by atoms with Gasteiger partial charge in [-0.3, -0.25) is 9.11 Å². The molecule has 4 rings (SSSR count). The molecule has 4 aromatic carbocycles. The van der Waals surface area contributed by atoms with Gasteiger partial charge in [-0.1, -0.05) is 30.3 Å². The molecule has 156 valence electrons. The molecule has 0 radical (unpaired) electrons. The highest BCUT2D eigenvalue weighted by atomic mass is 32.2. The standard InChI is InChI=1S/2C10H9NO3S/c11-9-3-1-7-2-4-10(15(12,13)14)6-8(7)5-9;11-8-5-4-7-2-1-3-10(9(7)6-8)15(12,13)14/h2*1-6H,11H2,(H,12,13,14). The van der Waals surface area contributed by atoms with E-state index < -0.39 is 20.2 Å². The summed E-state index contributed by atoms with van der Waals surface area (Å²) in [7, 11) is -8.35. The van der Waals surface area contributed by atoms with Crippen LogP contribution in [0.3, 0.4) is 0 Å². The van der Waals surface area contributed by atoms with E-state index >= 15 is 0 Å². The van der Waals surface area contributed by atoms with Crippen LogP contribution >= 0.6 is 0 Å². The minimum absolute atomic E-state index is 0.118. The van der Waals surface area contributed by atoms with E-state index in [0.717, 1.165) is 10.8 Å². The van der Waals surface area contributed by atoms with Crippen molar-refractivity contribution in [1.82, 2.24) is 0 Å². The lowest BCUT2D eigenvalue weighted by molar-refractivity contribution is 0.481. The second-order valence-electron chi connectivity index (χ2n) is 6.46. The highest BCUT2D eigenvalue weighted by molar-refractivity contribution is 7.86.